The van der Waals surface area contributed by atoms with Gasteiger partial charge in [0.25, 0.3) is 0 Å². The number of ketones is 2. The fraction of sp³-hybridized carbons (Fsp3) is 0.684. The van der Waals surface area contributed by atoms with Crippen LogP contribution in [0.2, 0.25) is 0 Å². The van der Waals surface area contributed by atoms with Gasteiger partial charge in [-0.1, -0.05) is 6.92 Å². The van der Waals surface area contributed by atoms with Gasteiger partial charge in [-0.25, -0.2) is 0 Å². The molecule has 0 aromatic rings. The SMILES string of the molecule is CC(=O)OC[C@@]12CC(=O)C(C)=C[C@@H]1O[C@H]1C(=O)[C@@H](OC(C)=O)[C@]2(C)[C@@]12CO2. The van der Waals surface area contributed by atoms with Crippen molar-refractivity contribution in [3.63, 3.8) is 0 Å². The highest BCUT2D eigenvalue weighted by Crippen LogP contribution is 2.70. The van der Waals surface area contributed by atoms with Gasteiger partial charge in [0.15, 0.2) is 18.0 Å². The summed E-state index contributed by atoms with van der Waals surface area (Å²) in [4.78, 5) is 49.0. The molecule has 0 radical (unpaired) electrons. The van der Waals surface area contributed by atoms with Crippen LogP contribution in [0.25, 0.3) is 0 Å². The van der Waals surface area contributed by atoms with Crippen molar-refractivity contribution in [2.24, 2.45) is 10.8 Å². The Labute approximate surface area is 156 Å². The Balaban J connectivity index is 1.91. The molecule has 2 bridgehead atoms. The second-order valence-corrected chi connectivity index (χ2v) is 8.10. The van der Waals surface area contributed by atoms with Crippen molar-refractivity contribution in [2.45, 2.75) is 58.0 Å². The predicted molar refractivity (Wildman–Crippen MR) is 88.5 cm³/mol. The third kappa shape index (κ3) is 2.11. The summed E-state index contributed by atoms with van der Waals surface area (Å²) in [6.07, 6.45) is -0.975. The number of rotatable bonds is 3. The molecule has 27 heavy (non-hydrogen) atoms. The maximum atomic E-state index is 13.1. The maximum Gasteiger partial charge on any atom is 0.303 e. The van der Waals surface area contributed by atoms with Gasteiger partial charge in [-0.05, 0) is 18.6 Å². The van der Waals surface area contributed by atoms with E-state index in [1.165, 1.54) is 13.8 Å². The van der Waals surface area contributed by atoms with E-state index in [1.54, 1.807) is 19.9 Å². The molecule has 2 aliphatic carbocycles. The molecule has 4 aliphatic rings. The third-order valence-electron chi connectivity index (χ3n) is 6.79. The molecular formula is C19H22O8. The summed E-state index contributed by atoms with van der Waals surface area (Å²) in [6.45, 7) is 6.10. The third-order valence-corrected chi connectivity index (χ3v) is 6.79. The van der Waals surface area contributed by atoms with E-state index < -0.39 is 46.7 Å². The number of Topliss-reactive ketones (excluding diaryl/α,β-unsaturated/α-hetero) is 2. The van der Waals surface area contributed by atoms with Crippen LogP contribution >= 0.6 is 0 Å². The second kappa shape index (κ2) is 5.48. The van der Waals surface area contributed by atoms with Crippen molar-refractivity contribution >= 4 is 23.5 Å². The number of carbonyl (C=O) groups is 4. The zero-order chi connectivity index (χ0) is 19.8. The van der Waals surface area contributed by atoms with E-state index in [2.05, 4.69) is 0 Å². The molecule has 2 saturated heterocycles. The van der Waals surface area contributed by atoms with Crippen LogP contribution in [-0.4, -0.2) is 60.6 Å². The van der Waals surface area contributed by atoms with Crippen molar-refractivity contribution in [2.75, 3.05) is 13.2 Å². The van der Waals surface area contributed by atoms with Gasteiger partial charge in [-0.15, -0.1) is 0 Å². The molecule has 0 unspecified atom stereocenters. The van der Waals surface area contributed by atoms with Gasteiger partial charge in [0.1, 0.15) is 12.2 Å². The van der Waals surface area contributed by atoms with E-state index in [0.717, 1.165) is 0 Å². The zero-order valence-electron chi connectivity index (χ0n) is 15.7. The lowest BCUT2D eigenvalue weighted by atomic mass is 9.51. The highest BCUT2D eigenvalue weighted by Gasteiger charge is 2.86. The molecule has 1 spiro atoms. The monoisotopic (exact) mass is 378 g/mol. The Kier molecular flexibility index (Phi) is 3.72. The number of epoxide rings is 1. The van der Waals surface area contributed by atoms with E-state index >= 15 is 0 Å². The Bertz CT molecular complexity index is 794. The first-order valence-corrected chi connectivity index (χ1v) is 8.94. The molecule has 1 saturated carbocycles. The van der Waals surface area contributed by atoms with Gasteiger partial charge in [0.05, 0.1) is 23.5 Å². The van der Waals surface area contributed by atoms with Crippen LogP contribution in [0.15, 0.2) is 11.6 Å². The lowest BCUT2D eigenvalue weighted by molar-refractivity contribution is -0.231. The normalized spacial score (nSPS) is 44.6. The summed E-state index contributed by atoms with van der Waals surface area (Å²) in [5.74, 6) is -1.61. The second-order valence-electron chi connectivity index (χ2n) is 8.10. The molecular weight excluding hydrogens is 356 g/mol. The molecule has 0 N–H and O–H groups in total. The van der Waals surface area contributed by atoms with Gasteiger partial charge in [-0.3, -0.25) is 19.2 Å². The van der Waals surface area contributed by atoms with Crippen molar-refractivity contribution in [1.29, 1.82) is 0 Å². The lowest BCUT2D eigenvalue weighted by Crippen LogP contribution is -2.67. The summed E-state index contributed by atoms with van der Waals surface area (Å²) >= 11 is 0. The minimum Gasteiger partial charge on any atom is -0.465 e. The van der Waals surface area contributed by atoms with Crippen LogP contribution in [0.3, 0.4) is 0 Å². The molecule has 146 valence electrons. The molecule has 8 heteroatoms. The summed E-state index contributed by atoms with van der Waals surface area (Å²) in [6, 6.07) is 0. The minimum absolute atomic E-state index is 0.00660. The zero-order valence-corrected chi connectivity index (χ0v) is 15.7. The summed E-state index contributed by atoms with van der Waals surface area (Å²) in [5.41, 5.74) is -2.60. The fourth-order valence-corrected chi connectivity index (χ4v) is 5.19. The highest BCUT2D eigenvalue weighted by molar-refractivity contribution is 5.99. The van der Waals surface area contributed by atoms with Crippen LogP contribution in [0.5, 0.6) is 0 Å². The smallest absolute Gasteiger partial charge is 0.303 e. The largest absolute Gasteiger partial charge is 0.465 e. The maximum absolute atomic E-state index is 13.1. The van der Waals surface area contributed by atoms with Crippen LogP contribution in [0.1, 0.15) is 34.1 Å². The van der Waals surface area contributed by atoms with Crippen LogP contribution in [0, 0.1) is 10.8 Å². The van der Waals surface area contributed by atoms with Crippen LogP contribution in [0.4, 0.5) is 0 Å². The van der Waals surface area contributed by atoms with Gasteiger partial charge in [0, 0.05) is 20.3 Å². The Morgan fingerprint density at radius 3 is 2.48 bits per heavy atom. The first kappa shape index (κ1) is 18.3. The minimum atomic E-state index is -1.14. The van der Waals surface area contributed by atoms with E-state index in [1.807, 2.05) is 0 Å². The van der Waals surface area contributed by atoms with Gasteiger partial charge in [0.2, 0.25) is 5.78 Å². The highest BCUT2D eigenvalue weighted by atomic mass is 16.6. The topological polar surface area (TPSA) is 109 Å². The molecule has 0 amide bonds. The standard InChI is InChI=1S/C19H22O8/c1-9-5-13-18(6-12(9)22,7-24-10(2)20)17(4)15(26-11(3)21)14(23)16(27-13)19(17)8-25-19/h5,13,15-16H,6-8H2,1-4H3/t13-,15+,16-,17-,18-,19+/m0/s1. The molecule has 0 aromatic carbocycles. The number of hydrogen-bond donors (Lipinski definition) is 0. The predicted octanol–water partition coefficient (Wildman–Crippen LogP) is 0.512. The van der Waals surface area contributed by atoms with Gasteiger partial charge >= 0.3 is 11.9 Å². The summed E-state index contributed by atoms with van der Waals surface area (Å²) in [7, 11) is 0. The van der Waals surface area contributed by atoms with Gasteiger partial charge in [-0.2, -0.15) is 0 Å². The van der Waals surface area contributed by atoms with Crippen molar-refractivity contribution in [3.05, 3.63) is 11.6 Å². The van der Waals surface area contributed by atoms with Crippen molar-refractivity contribution in [3.8, 4) is 0 Å². The average Bonchev–Trinajstić information content (AvgIpc) is 3.36. The number of allylic oxidation sites excluding steroid dienone is 1. The van der Waals surface area contributed by atoms with E-state index in [4.69, 9.17) is 18.9 Å². The summed E-state index contributed by atoms with van der Waals surface area (Å²) < 4.78 is 22.6. The summed E-state index contributed by atoms with van der Waals surface area (Å²) in [5, 5.41) is 0. The number of carbonyl (C=O) groups excluding carboxylic acids is 4. The lowest BCUT2D eigenvalue weighted by Gasteiger charge is -2.57. The average molecular weight is 378 g/mol. The molecule has 8 nitrogen and oxygen atoms in total. The Morgan fingerprint density at radius 2 is 1.93 bits per heavy atom. The fourth-order valence-electron chi connectivity index (χ4n) is 5.19. The molecule has 2 heterocycles. The number of ether oxygens (including phenoxy) is 4. The van der Waals surface area contributed by atoms with Crippen LogP contribution in [-0.2, 0) is 38.1 Å². The van der Waals surface area contributed by atoms with Crippen LogP contribution < -0.4 is 0 Å². The number of hydrogen-bond acceptors (Lipinski definition) is 8. The number of esters is 2. The van der Waals surface area contributed by atoms with E-state index in [-0.39, 0.29) is 31.2 Å². The van der Waals surface area contributed by atoms with Crippen molar-refractivity contribution in [1.82, 2.24) is 0 Å². The first-order chi connectivity index (χ1) is 12.6. The molecule has 4 rings (SSSR count). The van der Waals surface area contributed by atoms with Gasteiger partial charge < -0.3 is 18.9 Å². The van der Waals surface area contributed by atoms with E-state index in [9.17, 15) is 19.2 Å². The van der Waals surface area contributed by atoms with E-state index in [0.29, 0.717) is 5.57 Å². The molecule has 0 aromatic heterocycles. The molecule has 3 fully saturated rings. The number of fused-ring (bicyclic) bond motifs is 2. The Hall–Kier alpha value is -2.06. The Morgan fingerprint density at radius 1 is 1.26 bits per heavy atom. The first-order valence-electron chi connectivity index (χ1n) is 8.94. The van der Waals surface area contributed by atoms with Crippen molar-refractivity contribution < 1.29 is 38.1 Å². The molecule has 2 aliphatic heterocycles. The quantitative estimate of drug-likeness (QED) is 0.516. The molecule has 6 atom stereocenters.